The van der Waals surface area contributed by atoms with Gasteiger partial charge in [0.25, 0.3) is 0 Å². The molecule has 27 heavy (non-hydrogen) atoms. The van der Waals surface area contributed by atoms with Gasteiger partial charge in [-0.1, -0.05) is 18.2 Å². The molecule has 144 valence electrons. The average Bonchev–Trinajstić information content (AvgIpc) is 3.26. The van der Waals surface area contributed by atoms with E-state index in [0.717, 1.165) is 28.3 Å². The summed E-state index contributed by atoms with van der Waals surface area (Å²) in [6.07, 6.45) is 0.800. The number of carbonyl (C=O) groups is 1. The summed E-state index contributed by atoms with van der Waals surface area (Å²) in [7, 11) is 1.49. The normalized spacial score (nSPS) is 17.2. The summed E-state index contributed by atoms with van der Waals surface area (Å²) < 4.78 is 4.41. The second-order valence-corrected chi connectivity index (χ2v) is 8.89. The summed E-state index contributed by atoms with van der Waals surface area (Å²) in [5.41, 5.74) is 1.49. The molecule has 1 unspecified atom stereocenters. The van der Waals surface area contributed by atoms with E-state index in [0.29, 0.717) is 5.75 Å². The molecule has 1 aliphatic rings. The molecule has 0 aromatic heterocycles. The Morgan fingerprint density at radius 3 is 2.74 bits per heavy atom. The second-order valence-electron chi connectivity index (χ2n) is 6.28. The maximum absolute atomic E-state index is 12.2. The Morgan fingerprint density at radius 1 is 1.33 bits per heavy atom. The largest absolute Gasteiger partial charge is 0.504 e. The number of benzene rings is 2. The molecule has 2 amide bonds. The first-order chi connectivity index (χ1) is 12.9. The number of anilines is 1. The first kappa shape index (κ1) is 20.0. The van der Waals surface area contributed by atoms with E-state index in [4.69, 9.17) is 27.9 Å². The third-order valence-electron chi connectivity index (χ3n) is 4.23. The van der Waals surface area contributed by atoms with Gasteiger partial charge in [0, 0.05) is 23.1 Å². The van der Waals surface area contributed by atoms with Crippen LogP contribution < -0.4 is 15.4 Å². The van der Waals surface area contributed by atoms with Crippen LogP contribution in [0.3, 0.4) is 0 Å². The number of ether oxygens (including phenoxy) is 1. The number of alkyl halides is 2. The third kappa shape index (κ3) is 5.37. The SMILES string of the molecule is COc1ccc(CNC(=O)Nc2ccccc2SCC2CC2(Cl)Cl)cc1O. The molecule has 8 heteroatoms. The van der Waals surface area contributed by atoms with E-state index in [1.54, 1.807) is 30.0 Å². The van der Waals surface area contributed by atoms with Crippen LogP contribution in [-0.2, 0) is 6.54 Å². The van der Waals surface area contributed by atoms with Gasteiger partial charge in [-0.2, -0.15) is 0 Å². The van der Waals surface area contributed by atoms with Gasteiger partial charge in [-0.3, -0.25) is 0 Å². The highest BCUT2D eigenvalue weighted by Crippen LogP contribution is 2.55. The summed E-state index contributed by atoms with van der Waals surface area (Å²) in [6.45, 7) is 0.280. The van der Waals surface area contributed by atoms with Crippen LogP contribution in [0.2, 0.25) is 0 Å². The summed E-state index contributed by atoms with van der Waals surface area (Å²) in [6, 6.07) is 12.3. The average molecular weight is 427 g/mol. The van der Waals surface area contributed by atoms with Crippen molar-refractivity contribution >= 4 is 46.7 Å². The van der Waals surface area contributed by atoms with E-state index in [2.05, 4.69) is 10.6 Å². The number of urea groups is 1. The van der Waals surface area contributed by atoms with Gasteiger partial charge in [0.05, 0.1) is 12.8 Å². The molecule has 0 saturated heterocycles. The van der Waals surface area contributed by atoms with Crippen LogP contribution in [0.15, 0.2) is 47.4 Å². The molecule has 0 aliphatic heterocycles. The number of hydrogen-bond donors (Lipinski definition) is 3. The quantitative estimate of drug-likeness (QED) is 0.429. The molecule has 5 nitrogen and oxygen atoms in total. The topological polar surface area (TPSA) is 70.6 Å². The number of amides is 2. The van der Waals surface area contributed by atoms with Gasteiger partial charge < -0.3 is 20.5 Å². The summed E-state index contributed by atoms with van der Waals surface area (Å²) in [5.74, 6) is 1.50. The molecule has 3 N–H and O–H groups in total. The number of carbonyl (C=O) groups excluding carboxylic acids is 1. The highest BCUT2D eigenvalue weighted by molar-refractivity contribution is 7.99. The van der Waals surface area contributed by atoms with E-state index >= 15 is 0 Å². The lowest BCUT2D eigenvalue weighted by Crippen LogP contribution is -2.28. The van der Waals surface area contributed by atoms with E-state index in [-0.39, 0.29) is 24.2 Å². The Hall–Kier alpha value is -1.76. The van der Waals surface area contributed by atoms with E-state index in [9.17, 15) is 9.90 Å². The number of phenolic OH excluding ortho intramolecular Hbond substituents is 1. The van der Waals surface area contributed by atoms with Crippen LogP contribution >= 0.6 is 35.0 Å². The molecule has 0 heterocycles. The van der Waals surface area contributed by atoms with Crippen molar-refractivity contribution < 1.29 is 14.6 Å². The predicted molar refractivity (Wildman–Crippen MR) is 110 cm³/mol. The highest BCUT2D eigenvalue weighted by atomic mass is 35.5. The van der Waals surface area contributed by atoms with Crippen molar-refractivity contribution in [3.05, 3.63) is 48.0 Å². The number of halogens is 2. The number of rotatable bonds is 7. The van der Waals surface area contributed by atoms with Crippen molar-refractivity contribution in [3.63, 3.8) is 0 Å². The first-order valence-electron chi connectivity index (χ1n) is 8.39. The van der Waals surface area contributed by atoms with Crippen LogP contribution in [0.4, 0.5) is 10.5 Å². The van der Waals surface area contributed by atoms with Crippen LogP contribution in [0.5, 0.6) is 11.5 Å². The van der Waals surface area contributed by atoms with Crippen LogP contribution in [0, 0.1) is 5.92 Å². The molecule has 1 atom stereocenters. The number of aromatic hydroxyl groups is 1. The molecule has 1 fully saturated rings. The Labute approximate surface area is 172 Å². The number of para-hydroxylation sites is 1. The lowest BCUT2D eigenvalue weighted by molar-refractivity contribution is 0.251. The highest BCUT2D eigenvalue weighted by Gasteiger charge is 2.51. The fraction of sp³-hybridized carbons (Fsp3) is 0.316. The Kier molecular flexibility index (Phi) is 6.29. The van der Waals surface area contributed by atoms with Gasteiger partial charge in [0.1, 0.15) is 4.33 Å². The number of methoxy groups -OCH3 is 1. The molecule has 2 aromatic rings. The smallest absolute Gasteiger partial charge is 0.319 e. The van der Waals surface area contributed by atoms with Crippen LogP contribution in [0.25, 0.3) is 0 Å². The second kappa shape index (κ2) is 8.50. The number of nitrogens with one attached hydrogen (secondary N) is 2. The van der Waals surface area contributed by atoms with Crippen LogP contribution in [0.1, 0.15) is 12.0 Å². The van der Waals surface area contributed by atoms with E-state index < -0.39 is 4.33 Å². The van der Waals surface area contributed by atoms with Crippen molar-refractivity contribution in [3.8, 4) is 11.5 Å². The number of phenols is 1. The van der Waals surface area contributed by atoms with Crippen molar-refractivity contribution in [2.45, 2.75) is 22.2 Å². The summed E-state index contributed by atoms with van der Waals surface area (Å²) >= 11 is 13.8. The lowest BCUT2D eigenvalue weighted by atomic mass is 10.2. The van der Waals surface area contributed by atoms with Crippen molar-refractivity contribution in [2.75, 3.05) is 18.2 Å². The third-order valence-corrected chi connectivity index (χ3v) is 6.39. The molecule has 0 radical (unpaired) electrons. The van der Waals surface area contributed by atoms with Gasteiger partial charge in [0.15, 0.2) is 11.5 Å². The molecular formula is C19H20Cl2N2O3S. The Balaban J connectivity index is 1.54. The standard InChI is InChI=1S/C19H20Cl2N2O3S/c1-26-16-7-6-12(8-15(16)24)10-22-18(25)23-14-4-2-3-5-17(14)27-11-13-9-19(13,20)21/h2-8,13,24H,9-11H2,1H3,(H2,22,23,25). The minimum Gasteiger partial charge on any atom is -0.504 e. The fourth-order valence-corrected chi connectivity index (χ4v) is 4.47. The Morgan fingerprint density at radius 2 is 2.07 bits per heavy atom. The van der Waals surface area contributed by atoms with Gasteiger partial charge in [-0.15, -0.1) is 35.0 Å². The van der Waals surface area contributed by atoms with Gasteiger partial charge in [-0.05, 0) is 36.2 Å². The maximum atomic E-state index is 12.2. The zero-order chi connectivity index (χ0) is 19.4. The minimum atomic E-state index is -0.601. The van der Waals surface area contributed by atoms with Gasteiger partial charge >= 0.3 is 6.03 Å². The van der Waals surface area contributed by atoms with Gasteiger partial charge in [0.2, 0.25) is 0 Å². The monoisotopic (exact) mass is 426 g/mol. The molecule has 0 bridgehead atoms. The first-order valence-corrected chi connectivity index (χ1v) is 10.1. The number of thioether (sulfide) groups is 1. The molecule has 1 saturated carbocycles. The Bertz CT molecular complexity index is 832. The van der Waals surface area contributed by atoms with E-state index in [1.165, 1.54) is 7.11 Å². The van der Waals surface area contributed by atoms with Crippen molar-refractivity contribution in [2.24, 2.45) is 5.92 Å². The summed E-state index contributed by atoms with van der Waals surface area (Å²) in [4.78, 5) is 13.2. The van der Waals surface area contributed by atoms with Crippen LogP contribution in [-0.4, -0.2) is 28.3 Å². The fourth-order valence-electron chi connectivity index (χ4n) is 2.53. The van der Waals surface area contributed by atoms with Crippen molar-refractivity contribution in [1.82, 2.24) is 5.32 Å². The van der Waals surface area contributed by atoms with Crippen molar-refractivity contribution in [1.29, 1.82) is 0 Å². The molecular weight excluding hydrogens is 407 g/mol. The zero-order valence-electron chi connectivity index (χ0n) is 14.7. The summed E-state index contributed by atoms with van der Waals surface area (Å²) in [5, 5.41) is 15.4. The zero-order valence-corrected chi connectivity index (χ0v) is 17.0. The maximum Gasteiger partial charge on any atom is 0.319 e. The molecule has 1 aliphatic carbocycles. The number of hydrogen-bond acceptors (Lipinski definition) is 4. The predicted octanol–water partition coefficient (Wildman–Crippen LogP) is 5.01. The minimum absolute atomic E-state index is 0.0358. The lowest BCUT2D eigenvalue weighted by Gasteiger charge is -2.12. The van der Waals surface area contributed by atoms with Gasteiger partial charge in [-0.25, -0.2) is 4.79 Å². The molecule has 2 aromatic carbocycles. The van der Waals surface area contributed by atoms with E-state index in [1.807, 2.05) is 24.3 Å². The molecule has 0 spiro atoms. The molecule has 3 rings (SSSR count).